The van der Waals surface area contributed by atoms with Crippen molar-refractivity contribution < 1.29 is 46.0 Å². The number of nitrogens with zero attached hydrogens (tertiary/aromatic N) is 17. The molecule has 6 atom stereocenters. The lowest BCUT2D eigenvalue weighted by Crippen LogP contribution is -2.49. The molecule has 10 aliphatic rings. The summed E-state index contributed by atoms with van der Waals surface area (Å²) in [5, 5.41) is 1.93. The number of aromatic nitrogens is 11. The number of piperidine rings is 5. The Kier molecular flexibility index (Phi) is 33.1. The van der Waals surface area contributed by atoms with Gasteiger partial charge < -0.3 is 67.4 Å². The maximum Gasteiger partial charge on any atom is 0.410 e. The van der Waals surface area contributed by atoms with E-state index in [0.29, 0.717) is 104 Å². The molecule has 0 saturated carbocycles. The van der Waals surface area contributed by atoms with E-state index in [0.717, 1.165) is 158 Å². The van der Waals surface area contributed by atoms with E-state index in [9.17, 15) is 31.8 Å². The van der Waals surface area contributed by atoms with Gasteiger partial charge in [0, 0.05) is 143 Å². The summed E-state index contributed by atoms with van der Waals surface area (Å²) in [5.41, 5.74) is 40.3. The highest BCUT2D eigenvalue weighted by molar-refractivity contribution is 7.99. The zero-order valence-electron chi connectivity index (χ0n) is 83.8. The number of pyridine rings is 2. The number of nitrogens with one attached hydrogen (secondary N) is 2. The summed E-state index contributed by atoms with van der Waals surface area (Å²) < 4.78 is 66.4. The van der Waals surface area contributed by atoms with Gasteiger partial charge in [-0.1, -0.05) is 81.3 Å². The first kappa shape index (κ1) is 110. The number of hydrogen-bond donors (Lipinski definition) is 7. The van der Waals surface area contributed by atoms with Gasteiger partial charge in [-0.25, -0.2) is 91.3 Å². The van der Waals surface area contributed by atoms with E-state index in [1.165, 1.54) is 66.5 Å². The molecule has 14 heterocycles. The molecule has 5 saturated heterocycles. The standard InChI is InChI=1S/C23H29ClN8OS3.C19H21ClN8S2.C19H28ClN3O3S2.C19H31N3O3S2.C15H19ClN2O3S/c1-22(2,3)36(33)31-18-17-13(29-12-34-17)10-23(18)5-8-32(9-6-23)15-11-28-21(20(26)30-15)35-14-4-7-27-19(25)16(14)24;20-13-11(1-4-24-16(13)22)30-18-17(23)27-12(8-25-18)28-5-2-19(3-6-28)7-10-14(15(19)21)29-9-26-10;1-17(2,3)26-16(24)23-9-7-19(8-10-23)11-12-13(27-15(20)21-12)14(19)22-28(25)18(4,5)6;1-17(2,3)25-16(23)22-9-7-19(8-10-22)11-13-14(26-12-20-13)15(19)21-27(24)18(4,5)6;1-14(2,3)21-13(20)18-6-4-15(5-7-18)8-9-10(11(15)19)22-12(16)17-9/h4,7,11-12,18,31H,5-6,8-10H2,1-3H3,(H2,25,27)(H2,26,30);1,4,8-9,15H,2-3,5-7,21H2,(H2,22,24)(H2,23,27);7-11H2,1-6H3;12,15,21H,7-11H2,1-6H3;4-8H2,1-3H3/t18-,36-;15-;28-;15-,27-;/m1111./s1. The van der Waals surface area contributed by atoms with Crippen molar-refractivity contribution in [3.05, 3.63) is 125 Å². The second kappa shape index (κ2) is 43.0. The fourth-order valence-corrected chi connectivity index (χ4v) is 29.6. The molecule has 0 unspecified atom stereocenters. The van der Waals surface area contributed by atoms with Gasteiger partial charge in [0.15, 0.2) is 26.4 Å². The predicted octanol–water partition coefficient (Wildman–Crippen LogP) is 19.4. The van der Waals surface area contributed by atoms with Crippen LogP contribution in [0.4, 0.5) is 49.3 Å². The average molecular weight is 2230 g/mol. The minimum Gasteiger partial charge on any atom is -0.444 e. The van der Waals surface area contributed by atoms with Crippen LogP contribution in [-0.2, 0) is 79.3 Å². The molecule has 19 rings (SSSR count). The lowest BCUT2D eigenvalue weighted by molar-refractivity contribution is 0.00701. The summed E-state index contributed by atoms with van der Waals surface area (Å²) in [6.45, 7) is 41.4. The summed E-state index contributed by atoms with van der Waals surface area (Å²) in [4.78, 5) is 115. The largest absolute Gasteiger partial charge is 0.444 e. The number of likely N-dealkylation sites (tertiary alicyclic amines) is 3. The molecule has 5 spiro atoms. The quantitative estimate of drug-likeness (QED) is 0.0591. The van der Waals surface area contributed by atoms with Gasteiger partial charge in [0.25, 0.3) is 0 Å². The van der Waals surface area contributed by atoms with Crippen LogP contribution in [0.15, 0.2) is 77.7 Å². The van der Waals surface area contributed by atoms with Crippen LogP contribution in [0.1, 0.15) is 265 Å². The van der Waals surface area contributed by atoms with E-state index in [1.54, 1.807) is 85.6 Å². The van der Waals surface area contributed by atoms with E-state index >= 15 is 0 Å². The number of carbonyl (C=O) groups is 4. The number of anilines is 6. The number of hydrogen-bond acceptors (Lipinski definition) is 35. The molecule has 776 valence electrons. The number of ether oxygens (including phenoxy) is 3. The number of rotatable bonds is 11. The number of nitrogens with two attached hydrogens (primary N) is 5. The molecule has 0 radical (unpaired) electrons. The lowest BCUT2D eigenvalue weighted by atomic mass is 9.74. The van der Waals surface area contributed by atoms with Crippen molar-refractivity contribution >= 4 is 224 Å². The van der Waals surface area contributed by atoms with Gasteiger partial charge >= 0.3 is 18.3 Å². The van der Waals surface area contributed by atoms with Gasteiger partial charge in [0.1, 0.15) is 61.1 Å². The van der Waals surface area contributed by atoms with E-state index < -0.39 is 59.9 Å². The van der Waals surface area contributed by atoms with E-state index in [4.69, 9.17) is 89.3 Å². The molecule has 9 aromatic rings. The lowest BCUT2D eigenvalue weighted by Gasteiger charge is -2.44. The fraction of sp³-hybridized carbons (Fsp3) is 0.600. The van der Waals surface area contributed by atoms with Crippen molar-refractivity contribution in [2.45, 2.75) is 290 Å². The topological polar surface area (TPSA) is 472 Å². The van der Waals surface area contributed by atoms with Crippen LogP contribution >= 0.6 is 127 Å². The second-order valence-corrected chi connectivity index (χ2v) is 58.5. The molecule has 143 heavy (non-hydrogen) atoms. The Balaban J connectivity index is 0.000000136. The second-order valence-electron chi connectivity index (χ2n) is 43.9. The number of carbonyl (C=O) groups excluding carboxylic acids is 4. The Morgan fingerprint density at radius 2 is 0.790 bits per heavy atom. The minimum absolute atomic E-state index is 0.0143. The molecule has 3 amide bonds. The minimum atomic E-state index is -1.37. The van der Waals surface area contributed by atoms with Crippen LogP contribution < -0.4 is 47.9 Å². The third-order valence-corrected chi connectivity index (χ3v) is 40.2. The summed E-state index contributed by atoms with van der Waals surface area (Å²) in [7, 11) is -3.68. The van der Waals surface area contributed by atoms with Crippen LogP contribution in [0.25, 0.3) is 0 Å². The van der Waals surface area contributed by atoms with Crippen molar-refractivity contribution in [3.8, 4) is 0 Å². The molecule has 5 fully saturated rings. The van der Waals surface area contributed by atoms with Gasteiger partial charge in [0.2, 0.25) is 0 Å². The number of nitrogen functional groups attached to an aromatic ring is 4. The van der Waals surface area contributed by atoms with Gasteiger partial charge in [-0.15, -0.1) is 45.3 Å². The number of amides is 3. The molecule has 9 aromatic heterocycles. The molecule has 34 nitrogen and oxygen atoms in total. The number of ketones is 1. The molecule has 0 aromatic carbocycles. The highest BCUT2D eigenvalue weighted by atomic mass is 35.5. The monoisotopic (exact) mass is 2220 g/mol. The molecule has 48 heteroatoms. The molecular formula is C95H128Cl4N24O10S10. The zero-order chi connectivity index (χ0) is 104. The SMILES string of the molecule is CC(C)(C)OC(=O)N1CCC2(CC1)Cc1nc(Cl)sc1C2=N[S@](=O)C(C)(C)C.CC(C)(C)OC(=O)N1CCC2(CC1)Cc1nc(Cl)sc1C2=O.CC(C)(C)OC(=O)N1CCC2(CC1)Cc1ncsc1[C@H]2N[S@](=O)C(C)(C)C.CC(C)(C)[S@@](=O)N[C@@H]1c2scnc2CC12CCN(c1cnc(Sc3ccnc(N)c3Cl)c(N)n1)CC2.Nc1nc(N2CCC3(CC2)Cc2ncsc2[C@H]3N)cnc1Sc1ccnc(N)c1Cl. The Hall–Kier alpha value is -7.25. The summed E-state index contributed by atoms with van der Waals surface area (Å²) in [6.07, 6.45) is 18.4. The maximum absolute atomic E-state index is 13.0. The van der Waals surface area contributed by atoms with E-state index in [1.807, 2.05) is 141 Å². The number of halogens is 4. The van der Waals surface area contributed by atoms with Crippen molar-refractivity contribution in [2.24, 2.45) is 37.2 Å². The van der Waals surface area contributed by atoms with Crippen LogP contribution in [0.3, 0.4) is 0 Å². The first-order valence-electron chi connectivity index (χ1n) is 47.6. The van der Waals surface area contributed by atoms with Crippen molar-refractivity contribution in [1.29, 1.82) is 0 Å². The van der Waals surface area contributed by atoms with Crippen molar-refractivity contribution in [3.63, 3.8) is 0 Å². The fourth-order valence-electron chi connectivity index (χ4n) is 19.3. The molecule has 12 N–H and O–H groups in total. The summed E-state index contributed by atoms with van der Waals surface area (Å²) in [5.74, 6) is 2.94. The number of thiazole rings is 5. The molecule has 5 aliphatic heterocycles. The summed E-state index contributed by atoms with van der Waals surface area (Å²) >= 11 is 34.8. The van der Waals surface area contributed by atoms with Gasteiger partial charge in [0.05, 0.1) is 131 Å². The Morgan fingerprint density at radius 1 is 0.441 bits per heavy atom. The highest BCUT2D eigenvalue weighted by Crippen LogP contribution is 2.58. The predicted molar refractivity (Wildman–Crippen MR) is 577 cm³/mol. The number of fused-ring (bicyclic) bond motifs is 5. The first-order chi connectivity index (χ1) is 67.0. The van der Waals surface area contributed by atoms with Gasteiger partial charge in [-0.05, 0) is 226 Å². The van der Waals surface area contributed by atoms with E-state index in [-0.39, 0.29) is 85.0 Å². The normalized spacial score (nSPS) is 21.0. The average Bonchev–Trinajstić information content (AvgIpc) is 1.59. The smallest absolute Gasteiger partial charge is 0.410 e. The van der Waals surface area contributed by atoms with Gasteiger partial charge in [-0.2, -0.15) is 4.40 Å². The number of Topliss-reactive ketones (excluding diaryl/α,β-unsaturated/α-hetero) is 1. The maximum atomic E-state index is 13.0. The molecular weight excluding hydrogens is 2100 g/mol. The van der Waals surface area contributed by atoms with Crippen molar-refractivity contribution in [2.75, 3.05) is 98.2 Å². The van der Waals surface area contributed by atoms with Crippen LogP contribution in [-0.4, -0.2) is 208 Å². The third-order valence-electron chi connectivity index (χ3n) is 27.3. The van der Waals surface area contributed by atoms with Gasteiger partial charge in [-0.3, -0.25) is 4.79 Å². The van der Waals surface area contributed by atoms with Crippen LogP contribution in [0.5, 0.6) is 0 Å². The third kappa shape index (κ3) is 24.9. The molecule has 0 bridgehead atoms. The highest BCUT2D eigenvalue weighted by Gasteiger charge is 2.56. The summed E-state index contributed by atoms with van der Waals surface area (Å²) in [6, 6.07) is 3.70. The molecule has 5 aliphatic carbocycles. The zero-order valence-corrected chi connectivity index (χ0v) is 95.0. The first-order valence-corrected chi connectivity index (χ1v) is 58.4. The Morgan fingerprint density at radius 3 is 1.17 bits per heavy atom. The Labute approximate surface area is 892 Å². The van der Waals surface area contributed by atoms with E-state index in [2.05, 4.69) is 78.5 Å². The van der Waals surface area contributed by atoms with Crippen LogP contribution in [0.2, 0.25) is 19.0 Å². The van der Waals surface area contributed by atoms with Crippen molar-refractivity contribution in [1.82, 2.24) is 79.0 Å². The van der Waals surface area contributed by atoms with Crippen LogP contribution in [0, 0.1) is 27.1 Å². The Bertz CT molecular complexity index is 6290.